The fraction of sp³-hybridized carbons (Fsp3) is 0.176. The minimum absolute atomic E-state index is 0.00146. The summed E-state index contributed by atoms with van der Waals surface area (Å²) in [5.74, 6) is -1.75. The highest BCUT2D eigenvalue weighted by molar-refractivity contribution is 9.10. The van der Waals surface area contributed by atoms with Gasteiger partial charge in [0.1, 0.15) is 5.70 Å². The third-order valence-corrected chi connectivity index (χ3v) is 4.27. The van der Waals surface area contributed by atoms with E-state index in [-0.39, 0.29) is 21.4 Å². The van der Waals surface area contributed by atoms with E-state index in [4.69, 9.17) is 4.74 Å². The second kappa shape index (κ2) is 7.77. The van der Waals surface area contributed by atoms with Crippen molar-refractivity contribution in [2.75, 3.05) is 19.1 Å². The molecule has 0 aliphatic carbocycles. The molecule has 0 radical (unpaired) electrons. The summed E-state index contributed by atoms with van der Waals surface area (Å²) in [6, 6.07) is 3.46. The summed E-state index contributed by atoms with van der Waals surface area (Å²) in [6.45, 7) is 0. The van der Waals surface area contributed by atoms with Gasteiger partial charge < -0.3 is 14.4 Å². The molecule has 1 aliphatic rings. The first-order chi connectivity index (χ1) is 12.2. The average molecular weight is 432 g/mol. The molecule has 0 spiro atoms. The van der Waals surface area contributed by atoms with Gasteiger partial charge in [0, 0.05) is 6.20 Å². The Hall–Kier alpha value is -2.55. The lowest BCUT2D eigenvalue weighted by Gasteiger charge is -2.25. The second-order valence-corrected chi connectivity index (χ2v) is 5.75. The molecule has 0 saturated carbocycles. The van der Waals surface area contributed by atoms with Crippen molar-refractivity contribution in [3.8, 4) is 0 Å². The summed E-state index contributed by atoms with van der Waals surface area (Å²) in [6.07, 6.45) is 0.973. The zero-order valence-corrected chi connectivity index (χ0v) is 15.2. The lowest BCUT2D eigenvalue weighted by atomic mass is 10.1. The SMILES string of the molecule is COC(=O)C1=C(C(=O)OC)N(c2cccc(C(F)(F)F)c2Br)C=CC=C1. The molecule has 1 aromatic rings. The van der Waals surface area contributed by atoms with Crippen LogP contribution in [-0.4, -0.2) is 26.2 Å². The van der Waals surface area contributed by atoms with Gasteiger partial charge in [0.05, 0.1) is 35.5 Å². The molecule has 1 heterocycles. The van der Waals surface area contributed by atoms with Crippen LogP contribution in [-0.2, 0) is 25.2 Å². The van der Waals surface area contributed by atoms with Crippen LogP contribution in [0.15, 0.2) is 58.4 Å². The van der Waals surface area contributed by atoms with Crippen molar-refractivity contribution in [2.24, 2.45) is 0 Å². The fourth-order valence-electron chi connectivity index (χ4n) is 2.28. The maximum absolute atomic E-state index is 13.2. The van der Waals surface area contributed by atoms with Gasteiger partial charge in [-0.05, 0) is 40.2 Å². The number of hydrogen-bond acceptors (Lipinski definition) is 5. The fourth-order valence-corrected chi connectivity index (χ4v) is 2.96. The largest absolute Gasteiger partial charge is 0.465 e. The molecule has 0 amide bonds. The molecule has 0 bridgehead atoms. The van der Waals surface area contributed by atoms with Crippen LogP contribution in [0, 0.1) is 0 Å². The monoisotopic (exact) mass is 431 g/mol. The number of benzene rings is 1. The van der Waals surface area contributed by atoms with Gasteiger partial charge >= 0.3 is 18.1 Å². The van der Waals surface area contributed by atoms with Gasteiger partial charge in [-0.3, -0.25) is 0 Å². The number of methoxy groups -OCH3 is 2. The van der Waals surface area contributed by atoms with Gasteiger partial charge in [0.25, 0.3) is 0 Å². The first kappa shape index (κ1) is 19.8. The van der Waals surface area contributed by atoms with Crippen molar-refractivity contribution in [3.63, 3.8) is 0 Å². The number of hydrogen-bond donors (Lipinski definition) is 0. The zero-order valence-electron chi connectivity index (χ0n) is 13.6. The molecule has 1 aliphatic heterocycles. The van der Waals surface area contributed by atoms with Crippen molar-refractivity contribution in [3.05, 3.63) is 63.9 Å². The van der Waals surface area contributed by atoms with E-state index >= 15 is 0 Å². The molecule has 0 atom stereocenters. The minimum Gasteiger partial charge on any atom is -0.465 e. The summed E-state index contributed by atoms with van der Waals surface area (Å²) in [5.41, 5.74) is -1.36. The van der Waals surface area contributed by atoms with Crippen LogP contribution >= 0.6 is 15.9 Å². The molecular formula is C17H13BrF3NO4. The minimum atomic E-state index is -4.61. The van der Waals surface area contributed by atoms with Crippen LogP contribution in [0.1, 0.15) is 5.56 Å². The summed E-state index contributed by atoms with van der Waals surface area (Å²) in [4.78, 5) is 25.5. The zero-order chi connectivity index (χ0) is 19.5. The van der Waals surface area contributed by atoms with E-state index in [2.05, 4.69) is 20.7 Å². The Morgan fingerprint density at radius 3 is 2.31 bits per heavy atom. The molecule has 9 heteroatoms. The van der Waals surface area contributed by atoms with E-state index < -0.39 is 23.7 Å². The maximum atomic E-state index is 13.2. The topological polar surface area (TPSA) is 55.8 Å². The second-order valence-electron chi connectivity index (χ2n) is 4.95. The van der Waals surface area contributed by atoms with Crippen molar-refractivity contribution in [1.82, 2.24) is 0 Å². The number of halogens is 4. The number of esters is 2. The van der Waals surface area contributed by atoms with Crippen molar-refractivity contribution in [1.29, 1.82) is 0 Å². The molecule has 5 nitrogen and oxygen atoms in total. The number of rotatable bonds is 3. The maximum Gasteiger partial charge on any atom is 0.417 e. The van der Waals surface area contributed by atoms with Crippen LogP contribution in [0.25, 0.3) is 0 Å². The first-order valence-electron chi connectivity index (χ1n) is 7.13. The molecule has 0 fully saturated rings. The summed E-state index contributed by atoms with van der Waals surface area (Å²) >= 11 is 2.94. The number of allylic oxidation sites excluding steroid dienone is 2. The third kappa shape index (κ3) is 3.82. The number of alkyl halides is 3. The average Bonchev–Trinajstić information content (AvgIpc) is 2.82. The highest BCUT2D eigenvalue weighted by Gasteiger charge is 2.36. The Bertz CT molecular complexity index is 828. The van der Waals surface area contributed by atoms with Gasteiger partial charge in [0.15, 0.2) is 0 Å². The Morgan fingerprint density at radius 1 is 1.08 bits per heavy atom. The van der Waals surface area contributed by atoms with Crippen LogP contribution in [0.4, 0.5) is 18.9 Å². The molecular weight excluding hydrogens is 419 g/mol. The van der Waals surface area contributed by atoms with Crippen LogP contribution in [0.5, 0.6) is 0 Å². The lowest BCUT2D eigenvalue weighted by molar-refractivity contribution is -0.139. The highest BCUT2D eigenvalue weighted by Crippen LogP contribution is 2.41. The summed E-state index contributed by atoms with van der Waals surface area (Å²) < 4.78 is 48.7. The van der Waals surface area contributed by atoms with Gasteiger partial charge in [-0.1, -0.05) is 12.1 Å². The number of ether oxygens (including phenoxy) is 2. The van der Waals surface area contributed by atoms with E-state index in [0.29, 0.717) is 0 Å². The van der Waals surface area contributed by atoms with Crippen LogP contribution in [0.2, 0.25) is 0 Å². The van der Waals surface area contributed by atoms with E-state index in [1.54, 1.807) is 0 Å². The Balaban J connectivity index is 2.74. The van der Waals surface area contributed by atoms with E-state index in [9.17, 15) is 22.8 Å². The van der Waals surface area contributed by atoms with Crippen molar-refractivity contribution >= 4 is 33.6 Å². The molecule has 0 N–H and O–H groups in total. The number of carbonyl (C=O) groups excluding carboxylic acids is 2. The van der Waals surface area contributed by atoms with E-state index in [0.717, 1.165) is 25.2 Å². The highest BCUT2D eigenvalue weighted by atomic mass is 79.9. The van der Waals surface area contributed by atoms with Crippen LogP contribution in [0.3, 0.4) is 0 Å². The van der Waals surface area contributed by atoms with Gasteiger partial charge in [-0.25, -0.2) is 9.59 Å². The van der Waals surface area contributed by atoms with Gasteiger partial charge in [-0.15, -0.1) is 0 Å². The Kier molecular flexibility index (Phi) is 5.91. The molecule has 0 unspecified atom stereocenters. The summed E-state index contributed by atoms with van der Waals surface area (Å²) in [7, 11) is 2.23. The first-order valence-corrected chi connectivity index (χ1v) is 7.92. The number of nitrogens with zero attached hydrogens (tertiary/aromatic N) is 1. The molecule has 138 valence electrons. The molecule has 0 aromatic heterocycles. The lowest BCUT2D eigenvalue weighted by Crippen LogP contribution is -2.27. The van der Waals surface area contributed by atoms with Gasteiger partial charge in [-0.2, -0.15) is 13.2 Å². The quantitative estimate of drug-likeness (QED) is 0.678. The molecule has 0 saturated heterocycles. The molecule has 1 aromatic carbocycles. The smallest absolute Gasteiger partial charge is 0.417 e. The van der Waals surface area contributed by atoms with Crippen molar-refractivity contribution < 1.29 is 32.2 Å². The number of anilines is 1. The molecule has 2 rings (SSSR count). The standard InChI is InChI=1S/C17H13BrF3NO4/c1-25-15(23)10-6-3-4-9-22(14(10)16(24)26-2)12-8-5-7-11(13(12)18)17(19,20)21/h3-9H,1-2H3. The Morgan fingerprint density at radius 2 is 1.73 bits per heavy atom. The van der Waals surface area contributed by atoms with E-state index in [1.807, 2.05) is 0 Å². The molecule has 26 heavy (non-hydrogen) atoms. The predicted octanol–water partition coefficient (Wildman–Crippen LogP) is 3.96. The summed E-state index contributed by atoms with van der Waals surface area (Å²) in [5, 5.41) is 0. The predicted molar refractivity (Wildman–Crippen MR) is 91.0 cm³/mol. The van der Waals surface area contributed by atoms with Crippen LogP contribution < -0.4 is 4.90 Å². The Labute approximate surface area is 155 Å². The third-order valence-electron chi connectivity index (χ3n) is 3.43. The normalized spacial score (nSPS) is 14.3. The van der Waals surface area contributed by atoms with Crippen molar-refractivity contribution in [2.45, 2.75) is 6.18 Å². The van der Waals surface area contributed by atoms with Gasteiger partial charge in [0.2, 0.25) is 0 Å². The number of carbonyl (C=O) groups is 2. The van der Waals surface area contributed by atoms with E-state index in [1.165, 1.54) is 36.6 Å².